The lowest BCUT2D eigenvalue weighted by Gasteiger charge is -2.36. The van der Waals surface area contributed by atoms with E-state index in [0.717, 1.165) is 39.1 Å². The smallest absolute Gasteiger partial charge is 0.192 e. The summed E-state index contributed by atoms with van der Waals surface area (Å²) in [5, 5.41) is 0.152. The monoisotopic (exact) mass is 525 g/mol. The van der Waals surface area contributed by atoms with Gasteiger partial charge in [0.2, 0.25) is 0 Å². The second-order valence-electron chi connectivity index (χ2n) is 11.0. The van der Waals surface area contributed by atoms with E-state index in [0.29, 0.717) is 18.1 Å². The van der Waals surface area contributed by atoms with E-state index in [1.54, 1.807) is 18.5 Å². The number of fused-ring (bicyclic) bond motifs is 1. The van der Waals surface area contributed by atoms with Gasteiger partial charge >= 0.3 is 0 Å². The fourth-order valence-corrected chi connectivity index (χ4v) is 5.06. The lowest BCUT2D eigenvalue weighted by atomic mass is 10.1. The van der Waals surface area contributed by atoms with E-state index in [9.17, 15) is 4.39 Å². The lowest BCUT2D eigenvalue weighted by molar-refractivity contribution is 0.276. The van der Waals surface area contributed by atoms with Gasteiger partial charge in [0.25, 0.3) is 0 Å². The van der Waals surface area contributed by atoms with Crippen LogP contribution in [0, 0.1) is 5.82 Å². The van der Waals surface area contributed by atoms with E-state index in [1.165, 1.54) is 12.3 Å². The van der Waals surface area contributed by atoms with Crippen LogP contribution in [0.5, 0.6) is 0 Å². The van der Waals surface area contributed by atoms with Crippen LogP contribution in [0.1, 0.15) is 26.3 Å². The zero-order chi connectivity index (χ0) is 27.1. The summed E-state index contributed by atoms with van der Waals surface area (Å²) in [6.07, 6.45) is 4.65. The van der Waals surface area contributed by atoms with Gasteiger partial charge in [-0.1, -0.05) is 32.9 Å². The van der Waals surface area contributed by atoms with E-state index in [4.69, 9.17) is 15.1 Å². The summed E-state index contributed by atoms with van der Waals surface area (Å²) in [6.45, 7) is 11.8. The second kappa shape index (κ2) is 9.77. The Morgan fingerprint density at radius 3 is 2.37 bits per heavy atom. The summed E-state index contributed by atoms with van der Waals surface area (Å²) in [5.74, 6) is 0.0643. The SMILES string of the molecule is CC(C)(C)[Si](C)(C)OCc1ccc(-n2c(-c3cccnc3N)cc3ncc(-c4ccc(F)cn4)cc32)cc1. The fourth-order valence-electron chi connectivity index (χ4n) is 4.10. The molecule has 0 saturated carbocycles. The van der Waals surface area contributed by atoms with Crippen LogP contribution in [0.25, 0.3) is 39.2 Å². The maximum Gasteiger partial charge on any atom is 0.192 e. The first-order valence-corrected chi connectivity index (χ1v) is 15.5. The molecule has 4 aromatic heterocycles. The van der Waals surface area contributed by atoms with Crippen LogP contribution in [-0.2, 0) is 11.0 Å². The lowest BCUT2D eigenvalue weighted by Crippen LogP contribution is -2.40. The van der Waals surface area contributed by atoms with Gasteiger partial charge in [0.15, 0.2) is 8.32 Å². The zero-order valence-corrected chi connectivity index (χ0v) is 23.4. The van der Waals surface area contributed by atoms with Crippen LogP contribution in [0.4, 0.5) is 10.2 Å². The molecule has 0 amide bonds. The maximum atomic E-state index is 13.5. The molecule has 0 aliphatic rings. The topological polar surface area (TPSA) is 78.9 Å². The van der Waals surface area contributed by atoms with Crippen LogP contribution in [0.2, 0.25) is 18.1 Å². The number of nitrogens with two attached hydrogens (primary N) is 1. The Balaban J connectivity index is 1.59. The average Bonchev–Trinajstić information content (AvgIpc) is 3.26. The minimum Gasteiger partial charge on any atom is -0.413 e. The molecule has 0 radical (unpaired) electrons. The van der Waals surface area contributed by atoms with Crippen LogP contribution < -0.4 is 5.73 Å². The highest BCUT2D eigenvalue weighted by Crippen LogP contribution is 2.38. The predicted octanol–water partition coefficient (Wildman–Crippen LogP) is 7.39. The van der Waals surface area contributed by atoms with Gasteiger partial charge in [-0.3, -0.25) is 9.97 Å². The third kappa shape index (κ3) is 4.97. The summed E-state index contributed by atoms with van der Waals surface area (Å²) in [6, 6.07) is 19.3. The Morgan fingerprint density at radius 2 is 1.71 bits per heavy atom. The van der Waals surface area contributed by atoms with Crippen molar-refractivity contribution in [2.75, 3.05) is 5.73 Å². The molecular weight excluding hydrogens is 493 g/mol. The maximum absolute atomic E-state index is 13.5. The van der Waals surface area contributed by atoms with Crippen molar-refractivity contribution in [1.82, 2.24) is 19.5 Å². The van der Waals surface area contributed by atoms with E-state index in [2.05, 4.69) is 72.7 Å². The summed E-state index contributed by atoms with van der Waals surface area (Å²) in [7, 11) is -1.86. The molecule has 38 heavy (non-hydrogen) atoms. The van der Waals surface area contributed by atoms with Crippen LogP contribution in [0.3, 0.4) is 0 Å². The van der Waals surface area contributed by atoms with Gasteiger partial charge in [-0.15, -0.1) is 0 Å². The molecule has 2 N–H and O–H groups in total. The Bertz CT molecular complexity index is 1590. The van der Waals surface area contributed by atoms with Crippen molar-refractivity contribution in [3.05, 3.63) is 90.6 Å². The van der Waals surface area contributed by atoms with Gasteiger partial charge in [-0.05, 0) is 72.2 Å². The Morgan fingerprint density at radius 1 is 0.947 bits per heavy atom. The van der Waals surface area contributed by atoms with Crippen molar-refractivity contribution < 1.29 is 8.82 Å². The second-order valence-corrected chi connectivity index (χ2v) is 15.8. The van der Waals surface area contributed by atoms with E-state index >= 15 is 0 Å². The average molecular weight is 526 g/mol. The van der Waals surface area contributed by atoms with Crippen molar-refractivity contribution in [3.63, 3.8) is 0 Å². The van der Waals surface area contributed by atoms with Crippen molar-refractivity contribution in [2.45, 2.75) is 45.5 Å². The molecule has 0 atom stereocenters. The van der Waals surface area contributed by atoms with Crippen molar-refractivity contribution in [1.29, 1.82) is 0 Å². The van der Waals surface area contributed by atoms with Gasteiger partial charge in [0.05, 0.1) is 35.2 Å². The number of hydrogen-bond donors (Lipinski definition) is 1. The number of halogens is 1. The standard InChI is InChI=1S/C30H32FN5OSi/c1-30(2,3)38(4,5)37-19-20-8-11-23(12-9-20)36-27(24-7-6-14-33-29(24)32)16-26-28(36)15-21(17-34-26)25-13-10-22(31)18-35-25/h6-18H,19H2,1-5H3,(H2,32,33). The molecule has 6 nitrogen and oxygen atoms in total. The van der Waals surface area contributed by atoms with Crippen LogP contribution in [0.15, 0.2) is 79.3 Å². The van der Waals surface area contributed by atoms with Crippen LogP contribution in [-0.4, -0.2) is 27.8 Å². The van der Waals surface area contributed by atoms with Gasteiger partial charge in [-0.25, -0.2) is 9.37 Å². The third-order valence-corrected chi connectivity index (χ3v) is 11.9. The molecule has 0 bridgehead atoms. The molecule has 0 spiro atoms. The van der Waals surface area contributed by atoms with Gasteiger partial charge in [0, 0.05) is 29.2 Å². The summed E-state index contributed by atoms with van der Waals surface area (Å²) >= 11 is 0. The molecular formula is C30H32FN5OSi. The molecule has 0 fully saturated rings. The number of anilines is 1. The molecule has 194 valence electrons. The van der Waals surface area contributed by atoms with E-state index < -0.39 is 8.32 Å². The largest absolute Gasteiger partial charge is 0.413 e. The normalized spacial score (nSPS) is 12.3. The molecule has 5 rings (SSSR count). The summed E-state index contributed by atoms with van der Waals surface area (Å²) < 4.78 is 22.0. The first-order valence-electron chi connectivity index (χ1n) is 12.6. The number of aromatic nitrogens is 4. The molecule has 0 aliphatic carbocycles. The molecule has 0 unspecified atom stereocenters. The highest BCUT2D eigenvalue weighted by Gasteiger charge is 2.37. The number of nitrogen functional groups attached to an aromatic ring is 1. The third-order valence-electron chi connectivity index (χ3n) is 7.39. The van der Waals surface area contributed by atoms with Gasteiger partial charge < -0.3 is 14.7 Å². The van der Waals surface area contributed by atoms with Crippen molar-refractivity contribution in [3.8, 4) is 28.2 Å². The molecule has 5 aromatic rings. The minimum atomic E-state index is -1.86. The Labute approximate surface area is 223 Å². The van der Waals surface area contributed by atoms with Crippen LogP contribution >= 0.6 is 0 Å². The molecule has 0 aliphatic heterocycles. The number of benzene rings is 1. The highest BCUT2D eigenvalue weighted by molar-refractivity contribution is 6.74. The van der Waals surface area contributed by atoms with E-state index in [1.807, 2.05) is 24.3 Å². The summed E-state index contributed by atoms with van der Waals surface area (Å²) in [5.41, 5.74) is 13.2. The Kier molecular flexibility index (Phi) is 6.62. The Hall–Kier alpha value is -3.88. The predicted molar refractivity (Wildman–Crippen MR) is 154 cm³/mol. The quantitative estimate of drug-likeness (QED) is 0.234. The minimum absolute atomic E-state index is 0.152. The number of nitrogens with zero attached hydrogens (tertiary/aromatic N) is 4. The highest BCUT2D eigenvalue weighted by atomic mass is 28.4. The number of pyridine rings is 3. The fraction of sp³-hybridized carbons (Fsp3) is 0.233. The summed E-state index contributed by atoms with van der Waals surface area (Å²) in [4.78, 5) is 13.2. The van der Waals surface area contributed by atoms with Gasteiger partial charge in [-0.2, -0.15) is 0 Å². The van der Waals surface area contributed by atoms with Crippen molar-refractivity contribution >= 4 is 25.2 Å². The number of hydrogen-bond acceptors (Lipinski definition) is 5. The van der Waals surface area contributed by atoms with Crippen molar-refractivity contribution in [2.24, 2.45) is 0 Å². The van der Waals surface area contributed by atoms with Gasteiger partial charge in [0.1, 0.15) is 11.6 Å². The zero-order valence-electron chi connectivity index (χ0n) is 22.4. The molecule has 1 aromatic carbocycles. The first-order chi connectivity index (χ1) is 18.0. The van der Waals surface area contributed by atoms with E-state index in [-0.39, 0.29) is 10.9 Å². The number of rotatable bonds is 6. The molecule has 8 heteroatoms. The first kappa shape index (κ1) is 25.8. The molecule has 0 saturated heterocycles. The molecule has 4 heterocycles.